The lowest BCUT2D eigenvalue weighted by Crippen LogP contribution is -2.35. The smallest absolute Gasteiger partial charge is 0.243 e. The molecule has 0 radical (unpaired) electrons. The van der Waals surface area contributed by atoms with Gasteiger partial charge in [0, 0.05) is 24.7 Å². The van der Waals surface area contributed by atoms with Gasteiger partial charge in [0.2, 0.25) is 15.9 Å². The molecule has 1 aromatic heterocycles. The second kappa shape index (κ2) is 9.00. The average molecular weight is 479 g/mol. The highest BCUT2D eigenvalue weighted by Gasteiger charge is 2.61. The van der Waals surface area contributed by atoms with Gasteiger partial charge in [-0.3, -0.25) is 4.79 Å². The zero-order chi connectivity index (χ0) is 23.9. The Balaban J connectivity index is 1.20. The van der Waals surface area contributed by atoms with Crippen LogP contribution >= 0.6 is 0 Å². The van der Waals surface area contributed by atoms with E-state index in [0.29, 0.717) is 30.4 Å². The molecular weight excluding hydrogens is 448 g/mol. The zero-order valence-electron chi connectivity index (χ0n) is 19.5. The topological polar surface area (TPSA) is 84.3 Å². The van der Waals surface area contributed by atoms with E-state index >= 15 is 0 Å². The fourth-order valence-electron chi connectivity index (χ4n) is 5.03. The van der Waals surface area contributed by atoms with Gasteiger partial charge >= 0.3 is 0 Å². The Labute approximate surface area is 200 Å². The van der Waals surface area contributed by atoms with Gasteiger partial charge in [-0.25, -0.2) is 13.1 Å². The van der Waals surface area contributed by atoms with E-state index in [1.54, 1.807) is 30.3 Å². The molecule has 0 spiro atoms. The molecule has 2 aliphatic rings. The van der Waals surface area contributed by atoms with E-state index in [1.807, 2.05) is 35.0 Å². The van der Waals surface area contributed by atoms with Crippen molar-refractivity contribution >= 4 is 15.9 Å². The number of nitrogens with zero attached hydrogens (tertiary/aromatic N) is 3. The van der Waals surface area contributed by atoms with Gasteiger partial charge in [-0.15, -0.1) is 0 Å². The van der Waals surface area contributed by atoms with Crippen LogP contribution in [0.4, 0.5) is 0 Å². The fraction of sp³-hybridized carbons (Fsp3) is 0.385. The number of amides is 1. The minimum absolute atomic E-state index is 0.00794. The number of rotatable bonds is 8. The summed E-state index contributed by atoms with van der Waals surface area (Å²) in [6.45, 7) is 5.53. The van der Waals surface area contributed by atoms with Crippen molar-refractivity contribution in [3.8, 4) is 5.69 Å². The first-order valence-electron chi connectivity index (χ1n) is 11.8. The van der Waals surface area contributed by atoms with Crippen LogP contribution < -0.4 is 5.32 Å². The SMILES string of the molecule is CC(C)Cc1cc(CNC(=O)C2C3CN(S(=O)(=O)c4ccccc4)CC32)nn1-c1ccccc1. The second-order valence-corrected chi connectivity index (χ2v) is 11.6. The van der Waals surface area contributed by atoms with Crippen molar-refractivity contribution in [1.29, 1.82) is 0 Å². The first-order valence-corrected chi connectivity index (χ1v) is 13.2. The molecule has 2 heterocycles. The van der Waals surface area contributed by atoms with Crippen molar-refractivity contribution in [2.24, 2.45) is 23.7 Å². The highest BCUT2D eigenvalue weighted by Crippen LogP contribution is 2.52. The summed E-state index contributed by atoms with van der Waals surface area (Å²) < 4.78 is 29.1. The van der Waals surface area contributed by atoms with E-state index < -0.39 is 10.0 Å². The standard InChI is InChI=1S/C26H30N4O3S/c1-18(2)13-21-14-19(28-30(21)20-9-5-3-6-10-20)15-27-26(31)25-23-16-29(17-24(23)25)34(32,33)22-11-7-4-8-12-22/h3-12,14,18,23-25H,13,15-17H2,1-2H3,(H,27,31). The predicted octanol–water partition coefficient (Wildman–Crippen LogP) is 3.25. The Morgan fingerprint density at radius 2 is 1.65 bits per heavy atom. The van der Waals surface area contributed by atoms with E-state index in [4.69, 9.17) is 5.10 Å². The van der Waals surface area contributed by atoms with Crippen molar-refractivity contribution in [2.75, 3.05) is 13.1 Å². The van der Waals surface area contributed by atoms with E-state index in [2.05, 4.69) is 25.2 Å². The Kier molecular flexibility index (Phi) is 6.04. The van der Waals surface area contributed by atoms with Crippen LogP contribution in [0.25, 0.3) is 5.69 Å². The molecule has 1 saturated heterocycles. The fourth-order valence-corrected chi connectivity index (χ4v) is 6.56. The van der Waals surface area contributed by atoms with Crippen molar-refractivity contribution in [2.45, 2.75) is 31.7 Å². The number of piperidine rings is 1. The molecule has 1 N–H and O–H groups in total. The molecule has 178 valence electrons. The highest BCUT2D eigenvalue weighted by molar-refractivity contribution is 7.89. The number of hydrogen-bond donors (Lipinski definition) is 1. The summed E-state index contributed by atoms with van der Waals surface area (Å²) in [7, 11) is -3.50. The predicted molar refractivity (Wildman–Crippen MR) is 130 cm³/mol. The third kappa shape index (κ3) is 4.40. The molecule has 5 rings (SSSR count). The molecule has 0 bridgehead atoms. The van der Waals surface area contributed by atoms with Gasteiger partial charge in [0.25, 0.3) is 0 Å². The maximum atomic E-state index is 12.8. The number of nitrogens with one attached hydrogen (secondary N) is 1. The quantitative estimate of drug-likeness (QED) is 0.539. The summed E-state index contributed by atoms with van der Waals surface area (Å²) in [5, 5.41) is 7.79. The summed E-state index contributed by atoms with van der Waals surface area (Å²) >= 11 is 0. The lowest BCUT2D eigenvalue weighted by molar-refractivity contribution is -0.123. The van der Waals surface area contributed by atoms with Gasteiger partial charge in [-0.05, 0) is 54.5 Å². The summed E-state index contributed by atoms with van der Waals surface area (Å²) in [4.78, 5) is 13.2. The number of sulfonamides is 1. The molecular formula is C26H30N4O3S. The van der Waals surface area contributed by atoms with Crippen LogP contribution in [-0.4, -0.2) is 41.5 Å². The van der Waals surface area contributed by atoms with Gasteiger partial charge < -0.3 is 5.32 Å². The summed E-state index contributed by atoms with van der Waals surface area (Å²) in [6.07, 6.45) is 0.897. The second-order valence-electron chi connectivity index (χ2n) is 9.68. The molecule has 2 atom stereocenters. The van der Waals surface area contributed by atoms with E-state index in [1.165, 1.54) is 4.31 Å². The number of fused-ring (bicyclic) bond motifs is 1. The monoisotopic (exact) mass is 478 g/mol. The van der Waals surface area contributed by atoms with Crippen LogP contribution in [0.15, 0.2) is 71.6 Å². The van der Waals surface area contributed by atoms with Crippen LogP contribution in [0, 0.1) is 23.7 Å². The van der Waals surface area contributed by atoms with Gasteiger partial charge in [0.15, 0.2) is 0 Å². The van der Waals surface area contributed by atoms with Crippen LogP contribution in [-0.2, 0) is 27.8 Å². The maximum Gasteiger partial charge on any atom is 0.243 e. The zero-order valence-corrected chi connectivity index (χ0v) is 20.3. The van der Waals surface area contributed by atoms with Crippen molar-refractivity contribution < 1.29 is 13.2 Å². The van der Waals surface area contributed by atoms with Crippen LogP contribution in [0.3, 0.4) is 0 Å². The average Bonchev–Trinajstić information content (AvgIpc) is 3.14. The first kappa shape index (κ1) is 22.8. The lowest BCUT2D eigenvalue weighted by Gasteiger charge is -2.19. The molecule has 8 heteroatoms. The van der Waals surface area contributed by atoms with Crippen molar-refractivity contribution in [3.63, 3.8) is 0 Å². The largest absolute Gasteiger partial charge is 0.350 e. The van der Waals surface area contributed by atoms with E-state index in [9.17, 15) is 13.2 Å². The molecule has 1 saturated carbocycles. The first-order chi connectivity index (χ1) is 16.3. The van der Waals surface area contributed by atoms with Crippen LogP contribution in [0.1, 0.15) is 25.2 Å². The molecule has 34 heavy (non-hydrogen) atoms. The highest BCUT2D eigenvalue weighted by atomic mass is 32.2. The molecule has 3 aromatic rings. The number of carbonyl (C=O) groups is 1. The maximum absolute atomic E-state index is 12.8. The lowest BCUT2D eigenvalue weighted by atomic mass is 10.1. The van der Waals surface area contributed by atoms with Crippen LogP contribution in [0.5, 0.6) is 0 Å². The Bertz CT molecular complexity index is 1260. The minimum Gasteiger partial charge on any atom is -0.350 e. The summed E-state index contributed by atoms with van der Waals surface area (Å²) in [5.41, 5.74) is 2.95. The Morgan fingerprint density at radius 1 is 1.03 bits per heavy atom. The number of para-hydroxylation sites is 1. The summed E-state index contributed by atoms with van der Waals surface area (Å²) in [5.74, 6) is 0.552. The van der Waals surface area contributed by atoms with E-state index in [-0.39, 0.29) is 23.7 Å². The van der Waals surface area contributed by atoms with Gasteiger partial charge in [-0.1, -0.05) is 50.2 Å². The number of carbonyl (C=O) groups excluding carboxylic acids is 1. The van der Waals surface area contributed by atoms with Gasteiger partial charge in [-0.2, -0.15) is 9.40 Å². The van der Waals surface area contributed by atoms with E-state index in [0.717, 1.165) is 23.5 Å². The summed E-state index contributed by atoms with van der Waals surface area (Å²) in [6, 6.07) is 20.6. The normalized spacial score (nSPS) is 22.0. The van der Waals surface area contributed by atoms with Gasteiger partial charge in [0.1, 0.15) is 0 Å². The molecule has 2 aromatic carbocycles. The number of aromatic nitrogens is 2. The minimum atomic E-state index is -3.50. The third-order valence-corrected chi connectivity index (χ3v) is 8.59. The molecule has 2 unspecified atom stereocenters. The van der Waals surface area contributed by atoms with Gasteiger partial charge in [0.05, 0.1) is 22.8 Å². The molecule has 1 amide bonds. The molecule has 2 fully saturated rings. The Morgan fingerprint density at radius 3 is 2.26 bits per heavy atom. The number of benzene rings is 2. The van der Waals surface area contributed by atoms with Crippen molar-refractivity contribution in [3.05, 3.63) is 78.1 Å². The molecule has 1 aliphatic heterocycles. The number of hydrogen-bond acceptors (Lipinski definition) is 4. The van der Waals surface area contributed by atoms with Crippen molar-refractivity contribution in [1.82, 2.24) is 19.4 Å². The molecule has 1 aliphatic carbocycles. The van der Waals surface area contributed by atoms with Crippen LogP contribution in [0.2, 0.25) is 0 Å². The Hall–Kier alpha value is -2.97. The third-order valence-electron chi connectivity index (χ3n) is 6.74. The molecule has 7 nitrogen and oxygen atoms in total.